The van der Waals surface area contributed by atoms with Gasteiger partial charge in [0.05, 0.1) is 17.4 Å². The minimum absolute atomic E-state index is 0.194. The van der Waals surface area contributed by atoms with Crippen LogP contribution in [-0.2, 0) is 0 Å². The Morgan fingerprint density at radius 2 is 1.89 bits per heavy atom. The van der Waals surface area contributed by atoms with Crippen molar-refractivity contribution < 1.29 is 4.39 Å². The molecule has 1 fully saturated rings. The van der Waals surface area contributed by atoms with E-state index in [0.717, 1.165) is 17.0 Å². The summed E-state index contributed by atoms with van der Waals surface area (Å²) in [5.74, 6) is 2.21. The molecule has 2 aromatic rings. The molecule has 100 valence electrons. The second-order valence-corrected chi connectivity index (χ2v) is 6.19. The second-order valence-electron chi connectivity index (χ2n) is 4.97. The molecule has 0 N–H and O–H groups in total. The number of aryl methyl sites for hydroxylation is 1. The van der Waals surface area contributed by atoms with Crippen molar-refractivity contribution >= 4 is 11.8 Å². The third-order valence-electron chi connectivity index (χ3n) is 3.53. The molecule has 1 aromatic carbocycles. The van der Waals surface area contributed by atoms with E-state index >= 15 is 0 Å². The Kier molecular flexibility index (Phi) is 3.60. The Labute approximate surface area is 117 Å². The zero-order valence-electron chi connectivity index (χ0n) is 11.0. The Balaban J connectivity index is 1.98. The van der Waals surface area contributed by atoms with Gasteiger partial charge in [-0.1, -0.05) is 0 Å². The molecule has 0 amide bonds. The summed E-state index contributed by atoms with van der Waals surface area (Å²) < 4.78 is 15.2. The average Bonchev–Trinajstić information content (AvgIpc) is 2.83. The molecule has 0 aliphatic carbocycles. The van der Waals surface area contributed by atoms with Crippen LogP contribution in [0.2, 0.25) is 0 Å². The topological polar surface area (TPSA) is 17.8 Å². The summed E-state index contributed by atoms with van der Waals surface area (Å²) in [6.07, 6.45) is 2.33. The maximum absolute atomic E-state index is 13.0. The van der Waals surface area contributed by atoms with E-state index in [4.69, 9.17) is 0 Å². The zero-order chi connectivity index (χ0) is 13.2. The van der Waals surface area contributed by atoms with Crippen LogP contribution >= 0.6 is 11.8 Å². The van der Waals surface area contributed by atoms with Crippen molar-refractivity contribution in [3.63, 3.8) is 0 Å². The summed E-state index contributed by atoms with van der Waals surface area (Å²) in [7, 11) is 0. The van der Waals surface area contributed by atoms with Crippen LogP contribution in [-0.4, -0.2) is 21.3 Å². The van der Waals surface area contributed by atoms with E-state index in [9.17, 15) is 4.39 Å². The number of rotatable bonds is 2. The summed E-state index contributed by atoms with van der Waals surface area (Å²) in [6.45, 7) is 2.01. The minimum Gasteiger partial charge on any atom is -0.262 e. The number of hydrogen-bond donors (Lipinski definition) is 0. The van der Waals surface area contributed by atoms with Gasteiger partial charge in [-0.3, -0.25) is 4.68 Å². The molecule has 0 atom stereocenters. The molecule has 1 aliphatic heterocycles. The van der Waals surface area contributed by atoms with E-state index in [0.29, 0.717) is 6.04 Å². The second kappa shape index (κ2) is 5.37. The maximum Gasteiger partial charge on any atom is 0.123 e. The van der Waals surface area contributed by atoms with Crippen molar-refractivity contribution in [1.29, 1.82) is 0 Å². The normalized spacial score (nSPS) is 16.7. The SMILES string of the molecule is Cc1cc(-c2ccc(F)cc2)n(C2CCSCC2)n1. The molecule has 2 heterocycles. The molecule has 19 heavy (non-hydrogen) atoms. The van der Waals surface area contributed by atoms with Gasteiger partial charge in [0, 0.05) is 5.56 Å². The molecule has 2 nitrogen and oxygen atoms in total. The molecule has 4 heteroatoms. The molecule has 0 radical (unpaired) electrons. The Morgan fingerprint density at radius 1 is 1.21 bits per heavy atom. The lowest BCUT2D eigenvalue weighted by molar-refractivity contribution is 0.429. The van der Waals surface area contributed by atoms with E-state index in [-0.39, 0.29) is 5.82 Å². The van der Waals surface area contributed by atoms with Crippen LogP contribution in [0.3, 0.4) is 0 Å². The highest BCUT2D eigenvalue weighted by molar-refractivity contribution is 7.99. The highest BCUT2D eigenvalue weighted by Gasteiger charge is 2.20. The molecule has 1 aromatic heterocycles. The molecule has 0 saturated carbocycles. The Morgan fingerprint density at radius 3 is 2.58 bits per heavy atom. The van der Waals surface area contributed by atoms with E-state index in [1.54, 1.807) is 0 Å². The first kappa shape index (κ1) is 12.7. The average molecular weight is 276 g/mol. The van der Waals surface area contributed by atoms with Gasteiger partial charge in [0.15, 0.2) is 0 Å². The van der Waals surface area contributed by atoms with Crippen LogP contribution in [0, 0.1) is 12.7 Å². The highest BCUT2D eigenvalue weighted by Crippen LogP contribution is 2.31. The monoisotopic (exact) mass is 276 g/mol. The Hall–Kier alpha value is -1.29. The first-order valence-corrected chi connectivity index (χ1v) is 7.79. The van der Waals surface area contributed by atoms with Crippen molar-refractivity contribution in [3.8, 4) is 11.3 Å². The summed E-state index contributed by atoms with van der Waals surface area (Å²) in [6, 6.07) is 9.27. The van der Waals surface area contributed by atoms with Gasteiger partial charge in [0.1, 0.15) is 5.82 Å². The summed E-state index contributed by atoms with van der Waals surface area (Å²) in [5.41, 5.74) is 3.17. The lowest BCUT2D eigenvalue weighted by atomic mass is 10.1. The fourth-order valence-corrected chi connectivity index (χ4v) is 3.64. The maximum atomic E-state index is 13.0. The van der Waals surface area contributed by atoms with Gasteiger partial charge in [-0.15, -0.1) is 0 Å². The highest BCUT2D eigenvalue weighted by atomic mass is 32.2. The van der Waals surface area contributed by atoms with Crippen LogP contribution in [0.4, 0.5) is 4.39 Å². The van der Waals surface area contributed by atoms with Gasteiger partial charge in [0.2, 0.25) is 0 Å². The predicted octanol–water partition coefficient (Wildman–Crippen LogP) is 4.07. The fourth-order valence-electron chi connectivity index (χ4n) is 2.56. The predicted molar refractivity (Wildman–Crippen MR) is 78.0 cm³/mol. The number of aromatic nitrogens is 2. The van der Waals surface area contributed by atoms with Gasteiger partial charge in [-0.2, -0.15) is 16.9 Å². The lowest BCUT2D eigenvalue weighted by Gasteiger charge is -2.23. The summed E-state index contributed by atoms with van der Waals surface area (Å²) >= 11 is 2.01. The Bertz CT molecular complexity index is 556. The third-order valence-corrected chi connectivity index (χ3v) is 4.58. The van der Waals surface area contributed by atoms with Crippen LogP contribution in [0.5, 0.6) is 0 Å². The van der Waals surface area contributed by atoms with Gasteiger partial charge in [-0.05, 0) is 61.6 Å². The standard InChI is InChI=1S/C15H17FN2S/c1-11-10-15(12-2-4-13(16)5-3-12)18(17-11)14-6-8-19-9-7-14/h2-5,10,14H,6-9H2,1H3. The molecule has 0 spiro atoms. The van der Waals surface area contributed by atoms with Crippen molar-refractivity contribution in [2.45, 2.75) is 25.8 Å². The van der Waals surface area contributed by atoms with Crippen molar-refractivity contribution in [3.05, 3.63) is 41.8 Å². The van der Waals surface area contributed by atoms with Gasteiger partial charge < -0.3 is 0 Å². The third kappa shape index (κ3) is 2.68. The first-order chi connectivity index (χ1) is 9.24. The van der Waals surface area contributed by atoms with Gasteiger partial charge >= 0.3 is 0 Å². The van der Waals surface area contributed by atoms with E-state index in [1.807, 2.05) is 30.8 Å². The number of thioether (sulfide) groups is 1. The van der Waals surface area contributed by atoms with E-state index < -0.39 is 0 Å². The van der Waals surface area contributed by atoms with Crippen LogP contribution in [0.25, 0.3) is 11.3 Å². The molecule has 1 aliphatic rings. The molecule has 3 rings (SSSR count). The van der Waals surface area contributed by atoms with Gasteiger partial charge in [0.25, 0.3) is 0 Å². The fraction of sp³-hybridized carbons (Fsp3) is 0.400. The zero-order valence-corrected chi connectivity index (χ0v) is 11.8. The molecule has 0 bridgehead atoms. The largest absolute Gasteiger partial charge is 0.262 e. The molecular weight excluding hydrogens is 259 g/mol. The minimum atomic E-state index is -0.194. The van der Waals surface area contributed by atoms with Crippen molar-refractivity contribution in [1.82, 2.24) is 9.78 Å². The van der Waals surface area contributed by atoms with Crippen molar-refractivity contribution in [2.24, 2.45) is 0 Å². The van der Waals surface area contributed by atoms with Crippen molar-refractivity contribution in [2.75, 3.05) is 11.5 Å². The number of nitrogens with zero attached hydrogens (tertiary/aromatic N) is 2. The van der Waals surface area contributed by atoms with Crippen LogP contribution < -0.4 is 0 Å². The lowest BCUT2D eigenvalue weighted by Crippen LogP contribution is -2.17. The first-order valence-electron chi connectivity index (χ1n) is 6.64. The quantitative estimate of drug-likeness (QED) is 0.823. The molecule has 0 unspecified atom stereocenters. The number of benzene rings is 1. The van der Waals surface area contributed by atoms with Crippen LogP contribution in [0.1, 0.15) is 24.6 Å². The van der Waals surface area contributed by atoms with E-state index in [1.165, 1.54) is 36.5 Å². The van der Waals surface area contributed by atoms with Gasteiger partial charge in [-0.25, -0.2) is 4.39 Å². The summed E-state index contributed by atoms with van der Waals surface area (Å²) in [4.78, 5) is 0. The van der Waals surface area contributed by atoms with Crippen LogP contribution in [0.15, 0.2) is 30.3 Å². The van der Waals surface area contributed by atoms with E-state index in [2.05, 4.69) is 15.8 Å². The number of hydrogen-bond acceptors (Lipinski definition) is 2. The smallest absolute Gasteiger partial charge is 0.123 e. The molecular formula is C15H17FN2S. The molecule has 1 saturated heterocycles. The summed E-state index contributed by atoms with van der Waals surface area (Å²) in [5, 5.41) is 4.65. The number of halogens is 1.